The van der Waals surface area contributed by atoms with Gasteiger partial charge < -0.3 is 24.1 Å². The molecule has 4 aromatic rings. The SMILES string of the molecule is COc1cc(C)c(-c2nc3ccccc3c(=O)n2N=Cc2cc(OC)c(O[C@@H](C)C(=O)O)c(OC)c2)cc1C(C)C. The Balaban J connectivity index is 1.92. The first-order valence-corrected chi connectivity index (χ1v) is 13.0. The number of methoxy groups -OCH3 is 3. The van der Waals surface area contributed by atoms with Crippen molar-refractivity contribution in [2.75, 3.05) is 21.3 Å². The van der Waals surface area contributed by atoms with Crippen LogP contribution in [0.5, 0.6) is 23.0 Å². The molecule has 0 spiro atoms. The summed E-state index contributed by atoms with van der Waals surface area (Å²) in [5, 5.41) is 14.3. The number of rotatable bonds is 10. The lowest BCUT2D eigenvalue weighted by Gasteiger charge is -2.18. The zero-order valence-corrected chi connectivity index (χ0v) is 24.1. The third kappa shape index (κ3) is 5.86. The Hall–Kier alpha value is -4.86. The van der Waals surface area contributed by atoms with E-state index in [4.69, 9.17) is 23.9 Å². The van der Waals surface area contributed by atoms with Gasteiger partial charge in [0, 0.05) is 11.1 Å². The van der Waals surface area contributed by atoms with Gasteiger partial charge in [-0.1, -0.05) is 26.0 Å². The molecule has 1 N–H and O–H groups in total. The van der Waals surface area contributed by atoms with Crippen molar-refractivity contribution >= 4 is 23.1 Å². The number of fused-ring (bicyclic) bond motifs is 1. The first kappa shape index (κ1) is 29.1. The molecule has 214 valence electrons. The average molecular weight is 560 g/mol. The van der Waals surface area contributed by atoms with Crippen molar-refractivity contribution in [1.82, 2.24) is 9.66 Å². The molecule has 0 unspecified atom stereocenters. The predicted octanol–water partition coefficient (Wildman–Crippen LogP) is 5.26. The monoisotopic (exact) mass is 559 g/mol. The van der Waals surface area contributed by atoms with Crippen LogP contribution in [0.1, 0.15) is 43.4 Å². The maximum absolute atomic E-state index is 13.7. The lowest BCUT2D eigenvalue weighted by atomic mass is 9.96. The number of aryl methyl sites for hydroxylation is 1. The van der Waals surface area contributed by atoms with Crippen LogP contribution in [-0.2, 0) is 4.79 Å². The molecule has 0 aliphatic heterocycles. The van der Waals surface area contributed by atoms with Gasteiger partial charge in [0.05, 0.1) is 38.4 Å². The Morgan fingerprint density at radius 3 is 2.20 bits per heavy atom. The molecule has 0 aliphatic rings. The molecule has 0 amide bonds. The smallest absolute Gasteiger partial charge is 0.344 e. The summed E-state index contributed by atoms with van der Waals surface area (Å²) < 4.78 is 23.4. The molecule has 1 atom stereocenters. The maximum atomic E-state index is 13.7. The molecule has 1 heterocycles. The largest absolute Gasteiger partial charge is 0.496 e. The Bertz CT molecular complexity index is 1670. The van der Waals surface area contributed by atoms with E-state index in [-0.39, 0.29) is 28.7 Å². The number of carboxylic acids is 1. The van der Waals surface area contributed by atoms with E-state index in [9.17, 15) is 14.7 Å². The number of para-hydroxylation sites is 1. The fourth-order valence-electron chi connectivity index (χ4n) is 4.41. The quantitative estimate of drug-likeness (QED) is 0.261. The van der Waals surface area contributed by atoms with Crippen LogP contribution >= 0.6 is 0 Å². The summed E-state index contributed by atoms with van der Waals surface area (Å²) >= 11 is 0. The van der Waals surface area contributed by atoms with E-state index in [1.807, 2.05) is 25.1 Å². The van der Waals surface area contributed by atoms with Gasteiger partial charge in [-0.3, -0.25) is 4.79 Å². The van der Waals surface area contributed by atoms with Crippen LogP contribution < -0.4 is 24.5 Å². The Kier molecular flexibility index (Phi) is 8.61. The van der Waals surface area contributed by atoms with Crippen LogP contribution in [0.15, 0.2) is 58.4 Å². The molecule has 10 nitrogen and oxygen atoms in total. The number of carboxylic acid groups (broad SMARTS) is 1. The summed E-state index contributed by atoms with van der Waals surface area (Å²) in [7, 11) is 4.50. The minimum absolute atomic E-state index is 0.141. The van der Waals surface area contributed by atoms with Crippen molar-refractivity contribution in [2.45, 2.75) is 39.7 Å². The molecule has 1 aromatic heterocycles. The van der Waals surface area contributed by atoms with Crippen LogP contribution in [-0.4, -0.2) is 54.4 Å². The highest BCUT2D eigenvalue weighted by Crippen LogP contribution is 2.39. The van der Waals surface area contributed by atoms with Gasteiger partial charge in [0.25, 0.3) is 5.56 Å². The van der Waals surface area contributed by atoms with Gasteiger partial charge in [-0.25, -0.2) is 9.78 Å². The molecule has 0 radical (unpaired) electrons. The van der Waals surface area contributed by atoms with Gasteiger partial charge in [-0.15, -0.1) is 0 Å². The van der Waals surface area contributed by atoms with Crippen LogP contribution in [0.2, 0.25) is 0 Å². The Morgan fingerprint density at radius 2 is 1.61 bits per heavy atom. The molecule has 0 saturated heterocycles. The molecule has 4 rings (SSSR count). The number of carbonyl (C=O) groups is 1. The van der Waals surface area contributed by atoms with Crippen molar-refractivity contribution < 1.29 is 28.8 Å². The minimum atomic E-state index is -1.13. The van der Waals surface area contributed by atoms with E-state index < -0.39 is 12.1 Å². The average Bonchev–Trinajstić information content (AvgIpc) is 2.96. The normalized spacial score (nSPS) is 12.1. The zero-order chi connectivity index (χ0) is 29.8. The van der Waals surface area contributed by atoms with Crippen molar-refractivity contribution in [1.29, 1.82) is 0 Å². The summed E-state index contributed by atoms with van der Waals surface area (Å²) in [5.41, 5.74) is 3.34. The molecule has 3 aromatic carbocycles. The molecule has 0 fully saturated rings. The number of nitrogens with zero attached hydrogens (tertiary/aromatic N) is 3. The predicted molar refractivity (Wildman–Crippen MR) is 157 cm³/mol. The van der Waals surface area contributed by atoms with Gasteiger partial charge in [0.2, 0.25) is 5.75 Å². The van der Waals surface area contributed by atoms with Crippen molar-refractivity contribution in [2.24, 2.45) is 5.10 Å². The van der Waals surface area contributed by atoms with E-state index in [1.165, 1.54) is 32.0 Å². The van der Waals surface area contributed by atoms with E-state index >= 15 is 0 Å². The van der Waals surface area contributed by atoms with Gasteiger partial charge >= 0.3 is 5.97 Å². The Morgan fingerprint density at radius 1 is 0.976 bits per heavy atom. The first-order valence-electron chi connectivity index (χ1n) is 13.0. The highest BCUT2D eigenvalue weighted by molar-refractivity contribution is 5.84. The van der Waals surface area contributed by atoms with Crippen LogP contribution in [0.4, 0.5) is 0 Å². The van der Waals surface area contributed by atoms with Crippen molar-refractivity contribution in [3.05, 3.63) is 75.6 Å². The van der Waals surface area contributed by atoms with E-state index in [0.29, 0.717) is 22.3 Å². The standard InChI is InChI=1S/C31H33N3O7/c1-17(2)22-15-23(18(3)12-25(22)38-5)29-33-24-11-9-8-10-21(24)30(35)34(29)32-16-20-13-26(39-6)28(27(14-20)40-7)41-19(4)31(36)37/h8-17,19H,1-7H3,(H,36,37)/t19-/m0/s1. The topological polar surface area (TPSA) is 121 Å². The summed E-state index contributed by atoms with van der Waals surface area (Å²) in [6, 6.07) is 14.3. The summed E-state index contributed by atoms with van der Waals surface area (Å²) in [5.74, 6) is 0.802. The number of hydrogen-bond donors (Lipinski definition) is 1. The number of ether oxygens (including phenoxy) is 4. The zero-order valence-electron chi connectivity index (χ0n) is 24.1. The fraction of sp³-hybridized carbons (Fsp3) is 0.290. The molecule has 0 bridgehead atoms. The lowest BCUT2D eigenvalue weighted by molar-refractivity contribution is -0.144. The van der Waals surface area contributed by atoms with E-state index in [0.717, 1.165) is 22.4 Å². The van der Waals surface area contributed by atoms with E-state index in [2.05, 4.69) is 18.9 Å². The van der Waals surface area contributed by atoms with Crippen LogP contribution in [0, 0.1) is 6.92 Å². The summed E-state index contributed by atoms with van der Waals surface area (Å²) in [6.07, 6.45) is 0.351. The molecular weight excluding hydrogens is 526 g/mol. The van der Waals surface area contributed by atoms with Gasteiger partial charge in [0.15, 0.2) is 23.4 Å². The summed E-state index contributed by atoms with van der Waals surface area (Å²) in [6.45, 7) is 7.48. The second-order valence-corrected chi connectivity index (χ2v) is 9.73. The molecule has 10 heteroatoms. The van der Waals surface area contributed by atoms with Crippen molar-refractivity contribution in [3.63, 3.8) is 0 Å². The number of aliphatic carboxylic acids is 1. The lowest BCUT2D eigenvalue weighted by Crippen LogP contribution is -2.23. The fourth-order valence-corrected chi connectivity index (χ4v) is 4.41. The van der Waals surface area contributed by atoms with Gasteiger partial charge in [0.1, 0.15) is 5.75 Å². The van der Waals surface area contributed by atoms with Crippen LogP contribution in [0.25, 0.3) is 22.3 Å². The highest BCUT2D eigenvalue weighted by atomic mass is 16.6. The third-order valence-electron chi connectivity index (χ3n) is 6.64. The molecule has 0 aliphatic carbocycles. The summed E-state index contributed by atoms with van der Waals surface area (Å²) in [4.78, 5) is 29.9. The third-order valence-corrected chi connectivity index (χ3v) is 6.64. The van der Waals surface area contributed by atoms with Gasteiger partial charge in [-0.05, 0) is 67.3 Å². The van der Waals surface area contributed by atoms with Gasteiger partial charge in [-0.2, -0.15) is 9.78 Å². The minimum Gasteiger partial charge on any atom is -0.496 e. The number of hydrogen-bond acceptors (Lipinski definition) is 8. The Labute approximate surface area is 237 Å². The molecule has 41 heavy (non-hydrogen) atoms. The maximum Gasteiger partial charge on any atom is 0.344 e. The van der Waals surface area contributed by atoms with Crippen molar-refractivity contribution in [3.8, 4) is 34.4 Å². The first-order chi connectivity index (χ1) is 19.6. The highest BCUT2D eigenvalue weighted by Gasteiger charge is 2.21. The number of benzene rings is 3. The van der Waals surface area contributed by atoms with Crippen LogP contribution in [0.3, 0.4) is 0 Å². The second kappa shape index (κ2) is 12.1. The molecular formula is C31H33N3O7. The second-order valence-electron chi connectivity index (χ2n) is 9.73. The van der Waals surface area contributed by atoms with E-state index in [1.54, 1.807) is 37.4 Å². The number of aromatic nitrogens is 2. The molecule has 0 saturated carbocycles.